The molecular weight excluding hydrogens is 252 g/mol. The number of carbonyl (C=O) groups is 1. The molecule has 2 fully saturated rings. The summed E-state index contributed by atoms with van der Waals surface area (Å²) in [5, 5.41) is 9.41. The Morgan fingerprint density at radius 2 is 2.16 bits per heavy atom. The van der Waals surface area contributed by atoms with Crippen LogP contribution in [0.5, 0.6) is 0 Å². The maximum Gasteiger partial charge on any atom is 0.310 e. The van der Waals surface area contributed by atoms with E-state index in [1.54, 1.807) is 0 Å². The first-order valence-electron chi connectivity index (χ1n) is 7.20. The Balaban J connectivity index is 1.89. The molecule has 110 valence electrons. The predicted octanol–water partition coefficient (Wildman–Crippen LogP) is 3.00. The summed E-state index contributed by atoms with van der Waals surface area (Å²) < 4.78 is 26.3. The molecule has 1 heterocycles. The van der Waals surface area contributed by atoms with Gasteiger partial charge in [-0.05, 0) is 31.7 Å². The van der Waals surface area contributed by atoms with E-state index in [9.17, 15) is 18.7 Å². The summed E-state index contributed by atoms with van der Waals surface area (Å²) in [6.07, 6.45) is 2.71. The SMILES string of the molecule is CCCC1(C(=O)O)CCN(CC2CCC(F)(F)C2)C1. The molecule has 5 heteroatoms. The van der Waals surface area contributed by atoms with Gasteiger partial charge in [-0.15, -0.1) is 0 Å². The molecule has 2 unspecified atom stereocenters. The van der Waals surface area contributed by atoms with Crippen LogP contribution in [0.4, 0.5) is 8.78 Å². The lowest BCUT2D eigenvalue weighted by atomic mass is 9.83. The number of carboxylic acids is 1. The Hall–Kier alpha value is -0.710. The molecule has 1 saturated heterocycles. The normalized spacial score (nSPS) is 34.8. The van der Waals surface area contributed by atoms with Crippen LogP contribution in [0.3, 0.4) is 0 Å². The van der Waals surface area contributed by atoms with E-state index in [1.165, 1.54) is 0 Å². The summed E-state index contributed by atoms with van der Waals surface area (Å²) in [5.41, 5.74) is -0.643. The van der Waals surface area contributed by atoms with E-state index >= 15 is 0 Å². The molecule has 1 aliphatic heterocycles. The largest absolute Gasteiger partial charge is 0.481 e. The fourth-order valence-electron chi connectivity index (χ4n) is 3.64. The molecule has 0 aromatic carbocycles. The van der Waals surface area contributed by atoms with Crippen molar-refractivity contribution in [3.05, 3.63) is 0 Å². The number of hydrogen-bond acceptors (Lipinski definition) is 2. The maximum atomic E-state index is 13.2. The van der Waals surface area contributed by atoms with Crippen molar-refractivity contribution in [3.8, 4) is 0 Å². The molecule has 3 nitrogen and oxygen atoms in total. The number of halogens is 2. The van der Waals surface area contributed by atoms with Crippen molar-refractivity contribution in [2.75, 3.05) is 19.6 Å². The smallest absolute Gasteiger partial charge is 0.310 e. The second-order valence-electron chi connectivity index (χ2n) is 6.29. The average molecular weight is 275 g/mol. The van der Waals surface area contributed by atoms with Crippen molar-refractivity contribution in [1.82, 2.24) is 4.90 Å². The number of nitrogens with zero attached hydrogens (tertiary/aromatic N) is 1. The quantitative estimate of drug-likeness (QED) is 0.838. The van der Waals surface area contributed by atoms with Gasteiger partial charge in [0.2, 0.25) is 5.92 Å². The van der Waals surface area contributed by atoms with Gasteiger partial charge < -0.3 is 10.0 Å². The summed E-state index contributed by atoms with van der Waals surface area (Å²) in [6, 6.07) is 0. The first kappa shape index (κ1) is 14.7. The second kappa shape index (κ2) is 5.35. The van der Waals surface area contributed by atoms with Crippen LogP contribution < -0.4 is 0 Å². The molecule has 1 saturated carbocycles. The van der Waals surface area contributed by atoms with E-state index in [1.807, 2.05) is 6.92 Å². The zero-order valence-electron chi connectivity index (χ0n) is 11.5. The third-order valence-electron chi connectivity index (χ3n) is 4.64. The molecule has 0 radical (unpaired) electrons. The number of likely N-dealkylation sites (tertiary alicyclic amines) is 1. The standard InChI is InChI=1S/C14H23F2NO2/c1-2-4-13(12(18)19)6-7-17(10-13)9-11-3-5-14(15,16)8-11/h11H,2-10H2,1H3,(H,18,19). The first-order chi connectivity index (χ1) is 8.87. The predicted molar refractivity (Wildman–Crippen MR) is 68.3 cm³/mol. The summed E-state index contributed by atoms with van der Waals surface area (Å²) >= 11 is 0. The molecule has 0 spiro atoms. The number of rotatable bonds is 5. The summed E-state index contributed by atoms with van der Waals surface area (Å²) in [7, 11) is 0. The van der Waals surface area contributed by atoms with Crippen molar-refractivity contribution in [2.45, 2.75) is 51.4 Å². The monoisotopic (exact) mass is 275 g/mol. The van der Waals surface area contributed by atoms with Gasteiger partial charge >= 0.3 is 5.97 Å². The lowest BCUT2D eigenvalue weighted by molar-refractivity contribution is -0.148. The van der Waals surface area contributed by atoms with Crippen LogP contribution in [0, 0.1) is 11.3 Å². The van der Waals surface area contributed by atoms with E-state index in [0.717, 1.165) is 13.0 Å². The summed E-state index contributed by atoms with van der Waals surface area (Å²) in [6.45, 7) is 3.88. The van der Waals surface area contributed by atoms with E-state index in [-0.39, 0.29) is 18.8 Å². The summed E-state index contributed by atoms with van der Waals surface area (Å²) in [4.78, 5) is 13.5. The van der Waals surface area contributed by atoms with Crippen molar-refractivity contribution in [1.29, 1.82) is 0 Å². The third kappa shape index (κ3) is 3.25. The van der Waals surface area contributed by atoms with E-state index in [2.05, 4.69) is 4.90 Å². The number of aliphatic carboxylic acids is 1. The van der Waals surface area contributed by atoms with Crippen molar-refractivity contribution in [2.24, 2.45) is 11.3 Å². The fourth-order valence-corrected chi connectivity index (χ4v) is 3.64. The molecule has 0 aromatic rings. The van der Waals surface area contributed by atoms with Crippen LogP contribution in [0.25, 0.3) is 0 Å². The van der Waals surface area contributed by atoms with Gasteiger partial charge in [0.05, 0.1) is 5.41 Å². The van der Waals surface area contributed by atoms with Crippen LogP contribution in [0.1, 0.15) is 45.4 Å². The Bertz CT molecular complexity index is 348. The minimum Gasteiger partial charge on any atom is -0.481 e. The molecule has 0 amide bonds. The van der Waals surface area contributed by atoms with Crippen molar-refractivity contribution < 1.29 is 18.7 Å². The second-order valence-corrected chi connectivity index (χ2v) is 6.29. The maximum absolute atomic E-state index is 13.2. The first-order valence-corrected chi connectivity index (χ1v) is 7.20. The van der Waals surface area contributed by atoms with E-state index in [4.69, 9.17) is 0 Å². The summed E-state index contributed by atoms with van der Waals surface area (Å²) in [5.74, 6) is -3.20. The Labute approximate surface area is 113 Å². The topological polar surface area (TPSA) is 40.5 Å². The molecule has 1 N–H and O–H groups in total. The minimum atomic E-state index is -2.50. The van der Waals surface area contributed by atoms with Gasteiger partial charge in [0.25, 0.3) is 0 Å². The zero-order chi connectivity index (χ0) is 14.1. The lowest BCUT2D eigenvalue weighted by Gasteiger charge is -2.25. The highest BCUT2D eigenvalue weighted by atomic mass is 19.3. The highest BCUT2D eigenvalue weighted by Gasteiger charge is 2.46. The Morgan fingerprint density at radius 3 is 2.68 bits per heavy atom. The molecule has 0 aromatic heterocycles. The van der Waals surface area contributed by atoms with Gasteiger partial charge in [0.1, 0.15) is 0 Å². The lowest BCUT2D eigenvalue weighted by Crippen LogP contribution is -2.36. The molecule has 2 atom stereocenters. The minimum absolute atomic E-state index is 0.00938. The van der Waals surface area contributed by atoms with Crippen LogP contribution in [-0.2, 0) is 4.79 Å². The fraction of sp³-hybridized carbons (Fsp3) is 0.929. The van der Waals surface area contributed by atoms with Gasteiger partial charge in [-0.3, -0.25) is 4.79 Å². The van der Waals surface area contributed by atoms with Gasteiger partial charge in [0.15, 0.2) is 0 Å². The Morgan fingerprint density at radius 1 is 1.42 bits per heavy atom. The zero-order valence-corrected chi connectivity index (χ0v) is 11.5. The number of carboxylic acid groups (broad SMARTS) is 1. The van der Waals surface area contributed by atoms with Crippen LogP contribution in [0.15, 0.2) is 0 Å². The highest BCUT2D eigenvalue weighted by Crippen LogP contribution is 2.41. The van der Waals surface area contributed by atoms with Crippen molar-refractivity contribution in [3.63, 3.8) is 0 Å². The molecule has 1 aliphatic carbocycles. The van der Waals surface area contributed by atoms with E-state index < -0.39 is 17.3 Å². The molecule has 2 aliphatic rings. The highest BCUT2D eigenvalue weighted by molar-refractivity contribution is 5.75. The van der Waals surface area contributed by atoms with Gasteiger partial charge in [-0.1, -0.05) is 13.3 Å². The van der Waals surface area contributed by atoms with Crippen LogP contribution >= 0.6 is 0 Å². The molecular formula is C14H23F2NO2. The Kier molecular flexibility index (Phi) is 4.14. The number of alkyl halides is 2. The molecule has 19 heavy (non-hydrogen) atoms. The van der Waals surface area contributed by atoms with Crippen molar-refractivity contribution >= 4 is 5.97 Å². The van der Waals surface area contributed by atoms with Gasteiger partial charge in [0, 0.05) is 25.9 Å². The van der Waals surface area contributed by atoms with Gasteiger partial charge in [-0.25, -0.2) is 8.78 Å². The average Bonchev–Trinajstić information content (AvgIpc) is 2.85. The molecule has 2 rings (SSSR count). The van der Waals surface area contributed by atoms with Crippen LogP contribution in [-0.4, -0.2) is 41.5 Å². The van der Waals surface area contributed by atoms with Gasteiger partial charge in [-0.2, -0.15) is 0 Å². The number of hydrogen-bond donors (Lipinski definition) is 1. The van der Waals surface area contributed by atoms with Crippen LogP contribution in [0.2, 0.25) is 0 Å². The third-order valence-corrected chi connectivity index (χ3v) is 4.64. The van der Waals surface area contributed by atoms with E-state index in [0.29, 0.717) is 32.4 Å². The molecule has 0 bridgehead atoms.